The number of amides is 2. The van der Waals surface area contributed by atoms with Gasteiger partial charge in [0.25, 0.3) is 0 Å². The van der Waals surface area contributed by atoms with Gasteiger partial charge in [-0.2, -0.15) is 10.2 Å². The molecule has 1 saturated heterocycles. The second-order valence-corrected chi connectivity index (χ2v) is 5.92. The average Bonchev–Trinajstić information content (AvgIpc) is 3.27. The Hall–Kier alpha value is -3.23. The Morgan fingerprint density at radius 2 is 2.12 bits per heavy atom. The summed E-state index contributed by atoms with van der Waals surface area (Å²) < 4.78 is 14.7. The van der Waals surface area contributed by atoms with Crippen molar-refractivity contribution in [2.24, 2.45) is 0 Å². The number of hydrogen-bond donors (Lipinski definition) is 3. The molecule has 3 N–H and O–H groups in total. The van der Waals surface area contributed by atoms with Gasteiger partial charge in [-0.15, -0.1) is 0 Å². The topological polar surface area (TPSA) is 105 Å². The van der Waals surface area contributed by atoms with Crippen molar-refractivity contribution < 1.29 is 14.0 Å². The summed E-state index contributed by atoms with van der Waals surface area (Å²) in [6.45, 7) is 1.80. The molecule has 1 aliphatic heterocycles. The van der Waals surface area contributed by atoms with Crippen molar-refractivity contribution in [3.63, 3.8) is 0 Å². The van der Waals surface area contributed by atoms with E-state index in [0.29, 0.717) is 41.1 Å². The van der Waals surface area contributed by atoms with E-state index in [-0.39, 0.29) is 17.6 Å². The van der Waals surface area contributed by atoms with Crippen LogP contribution < -0.4 is 10.6 Å². The van der Waals surface area contributed by atoms with Gasteiger partial charge >= 0.3 is 0 Å². The molecule has 0 aliphatic carbocycles. The number of aromatic nitrogens is 4. The summed E-state index contributed by atoms with van der Waals surface area (Å²) in [5, 5.41) is 17.5. The number of carbonyl (C=O) groups excluding carboxylic acids is 2. The van der Waals surface area contributed by atoms with Gasteiger partial charge in [0.1, 0.15) is 17.7 Å². The number of H-pyrrole nitrogens is 1. The predicted molar refractivity (Wildman–Crippen MR) is 87.7 cm³/mol. The third-order valence-electron chi connectivity index (χ3n) is 4.19. The molecule has 3 heterocycles. The third-order valence-corrected chi connectivity index (χ3v) is 4.19. The molecule has 0 bridgehead atoms. The molecule has 128 valence electrons. The van der Waals surface area contributed by atoms with Gasteiger partial charge in [-0.1, -0.05) is 0 Å². The SMILES string of the molecule is Cc1nn(-c2ccc(F)cc2)c2n[nH]c(NC(=O)[C@H]3CCC(=O)N3)c12. The van der Waals surface area contributed by atoms with E-state index in [1.54, 1.807) is 23.7 Å². The summed E-state index contributed by atoms with van der Waals surface area (Å²) in [4.78, 5) is 23.5. The largest absolute Gasteiger partial charge is 0.344 e. The van der Waals surface area contributed by atoms with Gasteiger partial charge in [0.2, 0.25) is 11.8 Å². The van der Waals surface area contributed by atoms with E-state index >= 15 is 0 Å². The van der Waals surface area contributed by atoms with Gasteiger partial charge < -0.3 is 10.6 Å². The molecule has 1 atom stereocenters. The third kappa shape index (κ3) is 2.63. The average molecular weight is 342 g/mol. The van der Waals surface area contributed by atoms with Crippen LogP contribution in [0, 0.1) is 12.7 Å². The van der Waals surface area contributed by atoms with Gasteiger partial charge in [0.05, 0.1) is 16.8 Å². The van der Waals surface area contributed by atoms with Gasteiger partial charge in [0, 0.05) is 6.42 Å². The number of aromatic amines is 1. The molecular weight excluding hydrogens is 327 g/mol. The highest BCUT2D eigenvalue weighted by Crippen LogP contribution is 2.26. The van der Waals surface area contributed by atoms with Gasteiger partial charge in [-0.25, -0.2) is 9.07 Å². The van der Waals surface area contributed by atoms with Crippen LogP contribution in [0.15, 0.2) is 24.3 Å². The first-order chi connectivity index (χ1) is 12.0. The van der Waals surface area contributed by atoms with E-state index < -0.39 is 6.04 Å². The van der Waals surface area contributed by atoms with Gasteiger partial charge in [0.15, 0.2) is 5.65 Å². The van der Waals surface area contributed by atoms with Crippen LogP contribution in [0.3, 0.4) is 0 Å². The highest BCUT2D eigenvalue weighted by molar-refractivity contribution is 6.04. The number of benzene rings is 1. The van der Waals surface area contributed by atoms with Crippen molar-refractivity contribution in [3.05, 3.63) is 35.8 Å². The number of aryl methyl sites for hydroxylation is 1. The van der Waals surface area contributed by atoms with E-state index in [1.165, 1.54) is 12.1 Å². The maximum atomic E-state index is 13.1. The van der Waals surface area contributed by atoms with Crippen LogP contribution in [0.1, 0.15) is 18.5 Å². The molecule has 1 aliphatic rings. The first kappa shape index (κ1) is 15.3. The maximum absolute atomic E-state index is 13.1. The molecule has 25 heavy (non-hydrogen) atoms. The summed E-state index contributed by atoms with van der Waals surface area (Å²) >= 11 is 0. The fourth-order valence-corrected chi connectivity index (χ4v) is 2.95. The van der Waals surface area contributed by atoms with E-state index in [9.17, 15) is 14.0 Å². The summed E-state index contributed by atoms with van der Waals surface area (Å²) in [6.07, 6.45) is 0.813. The summed E-state index contributed by atoms with van der Waals surface area (Å²) in [5.41, 5.74) is 1.85. The number of anilines is 1. The van der Waals surface area contributed by atoms with Gasteiger partial charge in [-0.05, 0) is 37.6 Å². The van der Waals surface area contributed by atoms with Crippen molar-refractivity contribution in [2.75, 3.05) is 5.32 Å². The standard InChI is InChI=1S/C16H15FN6O2/c1-8-13-14(19-16(25)11-6-7-12(24)18-11)20-21-15(13)23(22-8)10-4-2-9(17)3-5-10/h2-5,11H,6-7H2,1H3,(H,18,24)(H2,19,20,21,25)/t11-/m1/s1. The second kappa shape index (κ2) is 5.69. The molecule has 2 aromatic heterocycles. The van der Waals surface area contributed by atoms with Crippen LogP contribution in [-0.2, 0) is 9.59 Å². The normalized spacial score (nSPS) is 17.0. The van der Waals surface area contributed by atoms with Crippen LogP contribution in [0.5, 0.6) is 0 Å². The monoisotopic (exact) mass is 342 g/mol. The van der Waals surface area contributed by atoms with Crippen molar-refractivity contribution >= 4 is 28.7 Å². The number of nitrogens with zero attached hydrogens (tertiary/aromatic N) is 3. The minimum Gasteiger partial charge on any atom is -0.344 e. The molecule has 4 rings (SSSR count). The van der Waals surface area contributed by atoms with E-state index in [0.717, 1.165) is 0 Å². The Bertz CT molecular complexity index is 975. The summed E-state index contributed by atoms with van der Waals surface area (Å²) in [5.74, 6) is -0.343. The molecule has 3 aromatic rings. The van der Waals surface area contributed by atoms with E-state index in [4.69, 9.17) is 0 Å². The summed E-state index contributed by atoms with van der Waals surface area (Å²) in [6, 6.07) is 5.34. The first-order valence-electron chi connectivity index (χ1n) is 7.83. The maximum Gasteiger partial charge on any atom is 0.248 e. The van der Waals surface area contributed by atoms with Crippen LogP contribution in [0.25, 0.3) is 16.7 Å². The number of carbonyl (C=O) groups is 2. The van der Waals surface area contributed by atoms with Crippen LogP contribution >= 0.6 is 0 Å². The van der Waals surface area contributed by atoms with Crippen molar-refractivity contribution in [1.82, 2.24) is 25.3 Å². The zero-order chi connectivity index (χ0) is 17.6. The lowest BCUT2D eigenvalue weighted by molar-refractivity contribution is -0.122. The lowest BCUT2D eigenvalue weighted by Gasteiger charge is -2.09. The summed E-state index contributed by atoms with van der Waals surface area (Å²) in [7, 11) is 0. The molecule has 0 spiro atoms. The zero-order valence-corrected chi connectivity index (χ0v) is 13.3. The lowest BCUT2D eigenvalue weighted by Crippen LogP contribution is -2.37. The number of rotatable bonds is 3. The highest BCUT2D eigenvalue weighted by atomic mass is 19.1. The minimum absolute atomic E-state index is 0.129. The Labute approximate surface area is 141 Å². The Kier molecular flexibility index (Phi) is 3.48. The highest BCUT2D eigenvalue weighted by Gasteiger charge is 2.28. The molecule has 8 nitrogen and oxygen atoms in total. The fraction of sp³-hybridized carbons (Fsp3) is 0.250. The number of hydrogen-bond acceptors (Lipinski definition) is 4. The molecule has 9 heteroatoms. The molecule has 1 fully saturated rings. The van der Waals surface area contributed by atoms with E-state index in [2.05, 4.69) is 25.9 Å². The van der Waals surface area contributed by atoms with Crippen LogP contribution in [0.2, 0.25) is 0 Å². The molecule has 0 radical (unpaired) electrons. The van der Waals surface area contributed by atoms with Gasteiger partial charge in [-0.3, -0.25) is 14.7 Å². The minimum atomic E-state index is -0.543. The Morgan fingerprint density at radius 3 is 2.80 bits per heavy atom. The molecule has 1 aromatic carbocycles. The molecule has 0 saturated carbocycles. The number of nitrogens with one attached hydrogen (secondary N) is 3. The van der Waals surface area contributed by atoms with Crippen molar-refractivity contribution in [3.8, 4) is 5.69 Å². The predicted octanol–water partition coefficient (Wildman–Crippen LogP) is 1.41. The Morgan fingerprint density at radius 1 is 1.36 bits per heavy atom. The van der Waals surface area contributed by atoms with E-state index in [1.807, 2.05) is 0 Å². The Balaban J connectivity index is 1.67. The number of halogens is 1. The van der Waals surface area contributed by atoms with Crippen LogP contribution in [-0.4, -0.2) is 37.8 Å². The quantitative estimate of drug-likeness (QED) is 0.669. The molecular formula is C16H15FN6O2. The smallest absolute Gasteiger partial charge is 0.248 e. The second-order valence-electron chi connectivity index (χ2n) is 5.92. The van der Waals surface area contributed by atoms with Crippen molar-refractivity contribution in [1.29, 1.82) is 0 Å². The van der Waals surface area contributed by atoms with Crippen molar-refractivity contribution in [2.45, 2.75) is 25.8 Å². The molecule has 0 unspecified atom stereocenters. The first-order valence-corrected chi connectivity index (χ1v) is 7.83. The van der Waals surface area contributed by atoms with Crippen LogP contribution in [0.4, 0.5) is 10.2 Å². The fourth-order valence-electron chi connectivity index (χ4n) is 2.95. The lowest BCUT2D eigenvalue weighted by atomic mass is 10.2. The zero-order valence-electron chi connectivity index (χ0n) is 13.3. The molecule has 2 amide bonds. The number of fused-ring (bicyclic) bond motifs is 1.